The van der Waals surface area contributed by atoms with Crippen LogP contribution in [0.4, 0.5) is 0 Å². The highest BCUT2D eigenvalue weighted by Crippen LogP contribution is 2.57. The van der Waals surface area contributed by atoms with E-state index >= 15 is 0 Å². The molecule has 0 spiro atoms. The number of hydrogen-bond donors (Lipinski definition) is 0. The van der Waals surface area contributed by atoms with E-state index in [1.54, 1.807) is 0 Å². The number of carbonyl (C=O) groups is 2. The molecule has 5 rings (SSSR count). The zero-order chi connectivity index (χ0) is 28.7. The van der Waals surface area contributed by atoms with Gasteiger partial charge in [-0.05, 0) is 51.9 Å². The van der Waals surface area contributed by atoms with Crippen LogP contribution in [0.15, 0.2) is 122 Å². The SMILES string of the molecule is C=CC(=O)OCCOc1ccc(C2(C3=CCC(OCCOC(=O)C=C)C=C3)c3ccccc3-c3ccccc32)cc1. The summed E-state index contributed by atoms with van der Waals surface area (Å²) in [6, 6.07) is 25.2. The van der Waals surface area contributed by atoms with Gasteiger partial charge in [-0.2, -0.15) is 0 Å². The van der Waals surface area contributed by atoms with Crippen LogP contribution in [0.1, 0.15) is 23.1 Å². The summed E-state index contributed by atoms with van der Waals surface area (Å²) in [5.74, 6) is -0.234. The first-order valence-electron chi connectivity index (χ1n) is 13.6. The number of hydrogen-bond acceptors (Lipinski definition) is 6. The summed E-state index contributed by atoms with van der Waals surface area (Å²) in [6.45, 7) is 7.70. The van der Waals surface area contributed by atoms with Crippen LogP contribution in [-0.2, 0) is 29.2 Å². The summed E-state index contributed by atoms with van der Waals surface area (Å²) in [7, 11) is 0. The van der Waals surface area contributed by atoms with E-state index in [2.05, 4.69) is 92.0 Å². The highest BCUT2D eigenvalue weighted by Gasteiger charge is 2.46. The maximum atomic E-state index is 11.3. The largest absolute Gasteiger partial charge is 0.490 e. The average molecular weight is 549 g/mol. The minimum absolute atomic E-state index is 0.115. The number of carbonyl (C=O) groups excluding carboxylic acids is 2. The molecule has 0 N–H and O–H groups in total. The van der Waals surface area contributed by atoms with Crippen LogP contribution >= 0.6 is 0 Å². The lowest BCUT2D eigenvalue weighted by Gasteiger charge is -2.36. The zero-order valence-corrected chi connectivity index (χ0v) is 22.8. The zero-order valence-electron chi connectivity index (χ0n) is 22.8. The Bertz CT molecular complexity index is 1450. The lowest BCUT2D eigenvalue weighted by Crippen LogP contribution is -2.30. The van der Waals surface area contributed by atoms with Gasteiger partial charge in [0.05, 0.1) is 18.1 Å². The van der Waals surface area contributed by atoms with Gasteiger partial charge in [0.1, 0.15) is 25.6 Å². The fourth-order valence-electron chi connectivity index (χ4n) is 5.59. The minimum Gasteiger partial charge on any atom is -0.490 e. The Morgan fingerprint density at radius 3 is 1.93 bits per heavy atom. The van der Waals surface area contributed by atoms with Gasteiger partial charge >= 0.3 is 11.9 Å². The molecular formula is C35H32O6. The predicted octanol–water partition coefficient (Wildman–Crippen LogP) is 6.11. The Morgan fingerprint density at radius 1 is 0.780 bits per heavy atom. The van der Waals surface area contributed by atoms with Gasteiger partial charge in [0, 0.05) is 12.2 Å². The van der Waals surface area contributed by atoms with Crippen LogP contribution in [0, 0.1) is 0 Å². The van der Waals surface area contributed by atoms with E-state index in [4.69, 9.17) is 18.9 Å². The lowest BCUT2D eigenvalue weighted by molar-refractivity contribution is -0.140. The molecule has 0 radical (unpaired) electrons. The van der Waals surface area contributed by atoms with Crippen molar-refractivity contribution in [2.45, 2.75) is 17.9 Å². The Morgan fingerprint density at radius 2 is 1.37 bits per heavy atom. The van der Waals surface area contributed by atoms with Gasteiger partial charge in [-0.1, -0.05) is 92.0 Å². The topological polar surface area (TPSA) is 71.1 Å². The predicted molar refractivity (Wildman–Crippen MR) is 158 cm³/mol. The van der Waals surface area contributed by atoms with E-state index in [1.807, 2.05) is 12.1 Å². The van der Waals surface area contributed by atoms with Gasteiger partial charge in [-0.25, -0.2) is 9.59 Å². The van der Waals surface area contributed by atoms with Crippen LogP contribution < -0.4 is 4.74 Å². The van der Waals surface area contributed by atoms with Crippen molar-refractivity contribution in [1.82, 2.24) is 0 Å². The van der Waals surface area contributed by atoms with Crippen molar-refractivity contribution in [3.63, 3.8) is 0 Å². The van der Waals surface area contributed by atoms with Crippen molar-refractivity contribution in [1.29, 1.82) is 0 Å². The molecule has 1 atom stereocenters. The first-order chi connectivity index (χ1) is 20.1. The quantitative estimate of drug-likeness (QED) is 0.155. The number of fused-ring (bicyclic) bond motifs is 3. The molecule has 3 aromatic carbocycles. The first kappa shape index (κ1) is 27.9. The van der Waals surface area contributed by atoms with Crippen LogP contribution in [0.5, 0.6) is 5.75 Å². The van der Waals surface area contributed by atoms with Crippen LogP contribution in [0.3, 0.4) is 0 Å². The third kappa shape index (κ3) is 5.65. The normalized spacial score (nSPS) is 16.1. The van der Waals surface area contributed by atoms with Gasteiger partial charge in [-0.15, -0.1) is 0 Å². The molecule has 2 aliphatic carbocycles. The fraction of sp³-hybridized carbons (Fsp3) is 0.200. The van der Waals surface area contributed by atoms with E-state index in [0.717, 1.165) is 23.3 Å². The monoisotopic (exact) mass is 548 g/mol. The number of ether oxygens (including phenoxy) is 4. The Balaban J connectivity index is 1.44. The fourth-order valence-corrected chi connectivity index (χ4v) is 5.59. The summed E-state index contributed by atoms with van der Waals surface area (Å²) in [6.07, 6.45) is 9.34. The van der Waals surface area contributed by atoms with Crippen molar-refractivity contribution in [2.75, 3.05) is 26.4 Å². The molecular weight excluding hydrogens is 516 g/mol. The molecule has 0 aromatic heterocycles. The minimum atomic E-state index is -0.522. The molecule has 0 aliphatic heterocycles. The smallest absolute Gasteiger partial charge is 0.330 e. The van der Waals surface area contributed by atoms with E-state index in [1.165, 1.54) is 22.3 Å². The number of rotatable bonds is 12. The highest BCUT2D eigenvalue weighted by molar-refractivity contribution is 5.86. The highest BCUT2D eigenvalue weighted by atomic mass is 16.6. The number of allylic oxidation sites excluding steroid dienone is 2. The molecule has 6 nitrogen and oxygen atoms in total. The Hall–Kier alpha value is -4.68. The molecule has 0 bridgehead atoms. The summed E-state index contributed by atoms with van der Waals surface area (Å²) in [5, 5.41) is 0. The molecule has 3 aromatic rings. The summed E-state index contributed by atoms with van der Waals surface area (Å²) < 4.78 is 21.8. The van der Waals surface area contributed by atoms with Gasteiger partial charge < -0.3 is 18.9 Å². The van der Waals surface area contributed by atoms with Crippen molar-refractivity contribution < 1.29 is 28.5 Å². The molecule has 1 unspecified atom stereocenters. The second kappa shape index (κ2) is 12.7. The molecule has 2 aliphatic rings. The third-order valence-electron chi connectivity index (χ3n) is 7.32. The molecule has 0 saturated heterocycles. The van der Waals surface area contributed by atoms with E-state index in [-0.39, 0.29) is 25.9 Å². The van der Waals surface area contributed by atoms with E-state index in [9.17, 15) is 9.59 Å². The van der Waals surface area contributed by atoms with Crippen molar-refractivity contribution >= 4 is 11.9 Å². The van der Waals surface area contributed by atoms with Crippen LogP contribution in [0.2, 0.25) is 0 Å². The van der Waals surface area contributed by atoms with Gasteiger partial charge in [0.2, 0.25) is 0 Å². The molecule has 0 saturated carbocycles. The van der Waals surface area contributed by atoms with Crippen molar-refractivity contribution in [3.05, 3.63) is 139 Å². The number of esters is 2. The average Bonchev–Trinajstić information content (AvgIpc) is 3.33. The number of benzene rings is 3. The maximum absolute atomic E-state index is 11.3. The molecule has 0 amide bonds. The maximum Gasteiger partial charge on any atom is 0.330 e. The first-order valence-corrected chi connectivity index (χ1v) is 13.6. The molecule has 0 heterocycles. The van der Waals surface area contributed by atoms with Crippen molar-refractivity contribution in [3.8, 4) is 16.9 Å². The van der Waals surface area contributed by atoms with Gasteiger partial charge in [0.25, 0.3) is 0 Å². The van der Waals surface area contributed by atoms with E-state index < -0.39 is 17.4 Å². The van der Waals surface area contributed by atoms with Crippen molar-refractivity contribution in [2.24, 2.45) is 0 Å². The van der Waals surface area contributed by atoms with Crippen LogP contribution in [-0.4, -0.2) is 44.5 Å². The van der Waals surface area contributed by atoms with Crippen LogP contribution in [0.25, 0.3) is 11.1 Å². The van der Waals surface area contributed by atoms with E-state index in [0.29, 0.717) is 18.8 Å². The van der Waals surface area contributed by atoms with Gasteiger partial charge in [-0.3, -0.25) is 0 Å². The second-order valence-corrected chi connectivity index (χ2v) is 9.62. The molecule has 0 fully saturated rings. The van der Waals surface area contributed by atoms with Gasteiger partial charge in [0.15, 0.2) is 0 Å². The third-order valence-corrected chi connectivity index (χ3v) is 7.32. The Labute approximate surface area is 240 Å². The molecule has 6 heteroatoms. The summed E-state index contributed by atoms with van der Waals surface area (Å²) in [4.78, 5) is 22.6. The summed E-state index contributed by atoms with van der Waals surface area (Å²) in [5.41, 5.74) is 6.63. The lowest BCUT2D eigenvalue weighted by atomic mass is 9.66. The second-order valence-electron chi connectivity index (χ2n) is 9.62. The standard InChI is InChI=1S/C35H32O6/c1-3-33(36)40-23-21-38-27-17-13-25(14-18-27)35(26-15-19-28(20-16-26)39-22-24-41-34(37)4-2)31-11-7-5-9-29(31)30-10-6-8-12-32(30)35/h3-19,28H,1-2,20-24H2. The Kier molecular flexibility index (Phi) is 8.61. The summed E-state index contributed by atoms with van der Waals surface area (Å²) >= 11 is 0. The molecule has 208 valence electrons. The molecule has 41 heavy (non-hydrogen) atoms.